The van der Waals surface area contributed by atoms with Crippen LogP contribution in [-0.2, 0) is 9.47 Å². The third-order valence-electron chi connectivity index (χ3n) is 5.47. The molecule has 29 heavy (non-hydrogen) atoms. The minimum atomic E-state index is -0.0213. The first-order valence-electron chi connectivity index (χ1n) is 10.1. The van der Waals surface area contributed by atoms with Crippen LogP contribution in [0.3, 0.4) is 0 Å². The third-order valence-corrected chi connectivity index (χ3v) is 6.30. The predicted molar refractivity (Wildman–Crippen MR) is 115 cm³/mol. The average Bonchev–Trinajstić information content (AvgIpc) is 3.37. The van der Waals surface area contributed by atoms with Gasteiger partial charge in [0.05, 0.1) is 40.8 Å². The highest BCUT2D eigenvalue weighted by molar-refractivity contribution is 7.13. The average molecular weight is 414 g/mol. The molecule has 0 aliphatic heterocycles. The van der Waals surface area contributed by atoms with Gasteiger partial charge in [0.25, 0.3) is 5.91 Å². The molecule has 1 aromatic carbocycles. The molecule has 6 nitrogen and oxygen atoms in total. The van der Waals surface area contributed by atoms with E-state index in [4.69, 9.17) is 9.47 Å². The largest absolute Gasteiger partial charge is 0.382 e. The number of carbonyl (C=O) groups excluding carboxylic acids is 1. The fourth-order valence-electron chi connectivity index (χ4n) is 4.00. The molecule has 0 spiro atoms. The molecule has 0 unspecified atom stereocenters. The summed E-state index contributed by atoms with van der Waals surface area (Å²) in [5.41, 5.74) is 5.47. The van der Waals surface area contributed by atoms with E-state index in [2.05, 4.69) is 27.4 Å². The Morgan fingerprint density at radius 2 is 2.07 bits per heavy atom. The normalized spacial score (nSPS) is 19.5. The van der Waals surface area contributed by atoms with Crippen molar-refractivity contribution >= 4 is 28.1 Å². The van der Waals surface area contributed by atoms with Crippen LogP contribution >= 0.6 is 11.3 Å². The molecular weight excluding hydrogens is 386 g/mol. The number of amides is 1. The number of carbonyl (C=O) groups is 1. The number of ether oxygens (including phenoxy) is 2. The molecule has 1 aliphatic carbocycles. The molecule has 0 bridgehead atoms. The molecule has 2 aromatic heterocycles. The number of aryl methyl sites for hydroxylation is 1. The first-order valence-corrected chi connectivity index (χ1v) is 11.0. The van der Waals surface area contributed by atoms with E-state index in [9.17, 15) is 4.79 Å². The fourth-order valence-corrected chi connectivity index (χ4v) is 4.61. The van der Waals surface area contributed by atoms with Gasteiger partial charge in [-0.3, -0.25) is 9.78 Å². The summed E-state index contributed by atoms with van der Waals surface area (Å²) in [6.07, 6.45) is 5.91. The molecule has 7 heteroatoms. The quantitative estimate of drug-likeness (QED) is 0.566. The molecule has 3 aromatic rings. The zero-order valence-corrected chi connectivity index (χ0v) is 17.7. The molecule has 1 amide bonds. The predicted octanol–water partition coefficient (Wildman–Crippen LogP) is 4.30. The van der Waals surface area contributed by atoms with Crippen molar-refractivity contribution in [3.05, 3.63) is 41.2 Å². The number of nitrogens with one attached hydrogen (secondary N) is 2. The number of H-pyrrole nitrogens is 1. The van der Waals surface area contributed by atoms with Gasteiger partial charge in [-0.2, -0.15) is 0 Å². The van der Waals surface area contributed by atoms with Gasteiger partial charge in [0.2, 0.25) is 0 Å². The smallest absolute Gasteiger partial charge is 0.253 e. The Labute approximate surface area is 174 Å². The number of benzene rings is 1. The van der Waals surface area contributed by atoms with Gasteiger partial charge >= 0.3 is 0 Å². The standard InChI is InChI=1S/C22H27N3O3S/c1-14-9-16-10-15(20-12-23-13-29-20)11-19(21(16)24-14)22(26)25-17-3-5-18(6-4-17)28-8-7-27-2/h9-13,17-18,24H,3-8H2,1-2H3,(H,25,26)/t17-,18-. The number of aromatic amines is 1. The zero-order valence-electron chi connectivity index (χ0n) is 16.9. The van der Waals surface area contributed by atoms with Crippen LogP contribution in [0, 0.1) is 6.92 Å². The van der Waals surface area contributed by atoms with Crippen LogP contribution in [0.15, 0.2) is 29.9 Å². The van der Waals surface area contributed by atoms with E-state index >= 15 is 0 Å². The van der Waals surface area contributed by atoms with E-state index in [0.29, 0.717) is 18.8 Å². The monoisotopic (exact) mass is 413 g/mol. The fraction of sp³-hybridized carbons (Fsp3) is 0.455. The number of rotatable bonds is 7. The molecule has 4 rings (SSSR count). The summed E-state index contributed by atoms with van der Waals surface area (Å²) in [5, 5.41) is 4.30. The number of methoxy groups -OCH3 is 1. The zero-order chi connectivity index (χ0) is 20.2. The maximum Gasteiger partial charge on any atom is 0.253 e. The Balaban J connectivity index is 1.47. The van der Waals surface area contributed by atoms with Crippen LogP contribution in [0.5, 0.6) is 0 Å². The van der Waals surface area contributed by atoms with Crippen molar-refractivity contribution in [3.63, 3.8) is 0 Å². The molecule has 2 heterocycles. The molecule has 0 saturated heterocycles. The molecule has 0 atom stereocenters. The highest BCUT2D eigenvalue weighted by Gasteiger charge is 2.24. The second-order valence-corrected chi connectivity index (χ2v) is 8.50. The first kappa shape index (κ1) is 20.1. The van der Waals surface area contributed by atoms with Crippen molar-refractivity contribution in [3.8, 4) is 10.4 Å². The van der Waals surface area contributed by atoms with Gasteiger partial charge in [0.15, 0.2) is 0 Å². The number of hydrogen-bond donors (Lipinski definition) is 2. The lowest BCUT2D eigenvalue weighted by molar-refractivity contribution is -0.00408. The van der Waals surface area contributed by atoms with Crippen LogP contribution in [0.25, 0.3) is 21.3 Å². The Morgan fingerprint density at radius 3 is 2.79 bits per heavy atom. The van der Waals surface area contributed by atoms with Crippen LogP contribution in [0.2, 0.25) is 0 Å². The topological polar surface area (TPSA) is 76.2 Å². The summed E-state index contributed by atoms with van der Waals surface area (Å²) in [6.45, 7) is 3.27. The summed E-state index contributed by atoms with van der Waals surface area (Å²) < 4.78 is 10.9. The number of hydrogen-bond acceptors (Lipinski definition) is 5. The number of aromatic nitrogens is 2. The molecule has 1 saturated carbocycles. The van der Waals surface area contributed by atoms with E-state index in [1.807, 2.05) is 24.7 Å². The van der Waals surface area contributed by atoms with E-state index in [0.717, 1.165) is 52.7 Å². The van der Waals surface area contributed by atoms with E-state index < -0.39 is 0 Å². The van der Waals surface area contributed by atoms with Crippen LogP contribution in [0.1, 0.15) is 41.7 Å². The second-order valence-electron chi connectivity index (χ2n) is 7.62. The Bertz CT molecular complexity index is 959. The molecule has 2 N–H and O–H groups in total. The van der Waals surface area contributed by atoms with Crippen LogP contribution in [-0.4, -0.2) is 48.3 Å². The molecular formula is C22H27N3O3S. The minimum Gasteiger partial charge on any atom is -0.382 e. The van der Waals surface area contributed by atoms with Gasteiger partial charge in [-0.25, -0.2) is 0 Å². The lowest BCUT2D eigenvalue weighted by Crippen LogP contribution is -2.39. The Kier molecular flexibility index (Phi) is 6.28. The summed E-state index contributed by atoms with van der Waals surface area (Å²) in [4.78, 5) is 21.7. The van der Waals surface area contributed by atoms with Crippen molar-refractivity contribution in [2.75, 3.05) is 20.3 Å². The van der Waals surface area contributed by atoms with Crippen LogP contribution in [0.4, 0.5) is 0 Å². The SMILES string of the molecule is COCCO[C@H]1CC[C@H](NC(=O)c2cc(-c3cncs3)cc3cc(C)[nH]c23)CC1. The van der Waals surface area contributed by atoms with Gasteiger partial charge in [-0.15, -0.1) is 11.3 Å². The first-order chi connectivity index (χ1) is 14.1. The van der Waals surface area contributed by atoms with Crippen LogP contribution < -0.4 is 5.32 Å². The Hall–Kier alpha value is -2.22. The van der Waals surface area contributed by atoms with Crippen molar-refractivity contribution in [2.45, 2.75) is 44.8 Å². The number of thiazole rings is 1. The summed E-state index contributed by atoms with van der Waals surface area (Å²) in [5.74, 6) is -0.0213. The van der Waals surface area contributed by atoms with E-state index in [-0.39, 0.29) is 18.1 Å². The summed E-state index contributed by atoms with van der Waals surface area (Å²) in [7, 11) is 1.68. The molecule has 0 radical (unpaired) electrons. The molecule has 154 valence electrons. The number of nitrogens with zero attached hydrogens (tertiary/aromatic N) is 1. The Morgan fingerprint density at radius 1 is 1.24 bits per heavy atom. The van der Waals surface area contributed by atoms with Gasteiger partial charge in [0, 0.05) is 30.4 Å². The maximum atomic E-state index is 13.2. The third kappa shape index (κ3) is 4.69. The van der Waals surface area contributed by atoms with Crippen molar-refractivity contribution < 1.29 is 14.3 Å². The molecule has 1 aliphatic rings. The van der Waals surface area contributed by atoms with Gasteiger partial charge in [-0.05, 0) is 56.4 Å². The highest BCUT2D eigenvalue weighted by atomic mass is 32.1. The summed E-state index contributed by atoms with van der Waals surface area (Å²) in [6, 6.07) is 6.36. The van der Waals surface area contributed by atoms with Crippen molar-refractivity contribution in [2.24, 2.45) is 0 Å². The lowest BCUT2D eigenvalue weighted by atomic mass is 9.92. The van der Waals surface area contributed by atoms with Gasteiger partial charge in [-0.1, -0.05) is 0 Å². The van der Waals surface area contributed by atoms with E-state index in [1.165, 1.54) is 0 Å². The van der Waals surface area contributed by atoms with Gasteiger partial charge in [0.1, 0.15) is 0 Å². The van der Waals surface area contributed by atoms with Crippen molar-refractivity contribution in [1.82, 2.24) is 15.3 Å². The minimum absolute atomic E-state index is 0.0213. The maximum absolute atomic E-state index is 13.2. The highest BCUT2D eigenvalue weighted by Crippen LogP contribution is 2.30. The lowest BCUT2D eigenvalue weighted by Gasteiger charge is -2.29. The molecule has 1 fully saturated rings. The number of fused-ring (bicyclic) bond motifs is 1. The van der Waals surface area contributed by atoms with Crippen molar-refractivity contribution in [1.29, 1.82) is 0 Å². The van der Waals surface area contributed by atoms with E-state index in [1.54, 1.807) is 18.4 Å². The second kappa shape index (κ2) is 9.07. The summed E-state index contributed by atoms with van der Waals surface area (Å²) >= 11 is 1.58. The van der Waals surface area contributed by atoms with Gasteiger partial charge < -0.3 is 19.8 Å².